The van der Waals surface area contributed by atoms with E-state index in [1.165, 1.54) is 0 Å². The minimum atomic E-state index is -0.361. The molecule has 0 saturated carbocycles. The third-order valence-electron chi connectivity index (χ3n) is 4.42. The minimum Gasteiger partial charge on any atom is -0.497 e. The summed E-state index contributed by atoms with van der Waals surface area (Å²) in [7, 11) is 1.62. The summed E-state index contributed by atoms with van der Waals surface area (Å²) in [5.74, 6) is 0.554. The van der Waals surface area contributed by atoms with E-state index in [-0.39, 0.29) is 11.9 Å². The van der Waals surface area contributed by atoms with Crippen LogP contribution in [-0.2, 0) is 4.79 Å². The third-order valence-corrected chi connectivity index (χ3v) is 4.64. The molecule has 5 nitrogen and oxygen atoms in total. The van der Waals surface area contributed by atoms with E-state index in [1.54, 1.807) is 7.11 Å². The topological polar surface area (TPSA) is 62.4 Å². The van der Waals surface area contributed by atoms with Gasteiger partial charge in [0.1, 0.15) is 5.75 Å². The molecule has 0 bridgehead atoms. The summed E-state index contributed by atoms with van der Waals surface area (Å²) in [5.41, 5.74) is 5.20. The fourth-order valence-electron chi connectivity index (χ4n) is 3.31. The van der Waals surface area contributed by atoms with Gasteiger partial charge >= 0.3 is 0 Å². The standard InChI is InChI=1S/C21H23N3O2S/c1-12-8-13(2)10-16(9-12)23-20(25)18-14(3)22-21(27)24-19(18)15-6-5-7-17(11-15)26-4/h5-11,19H,1-4H3,(H,23,25)(H2,22,24,27)/t19-/m1/s1. The maximum absolute atomic E-state index is 13.1. The molecule has 1 amide bonds. The summed E-state index contributed by atoms with van der Waals surface area (Å²) in [5, 5.41) is 9.76. The van der Waals surface area contributed by atoms with Crippen molar-refractivity contribution in [2.45, 2.75) is 26.8 Å². The van der Waals surface area contributed by atoms with Crippen molar-refractivity contribution in [1.82, 2.24) is 10.6 Å². The molecule has 0 unspecified atom stereocenters. The van der Waals surface area contributed by atoms with Crippen molar-refractivity contribution in [2.75, 3.05) is 12.4 Å². The van der Waals surface area contributed by atoms with Crippen LogP contribution in [0.25, 0.3) is 0 Å². The van der Waals surface area contributed by atoms with Crippen LogP contribution in [0.3, 0.4) is 0 Å². The van der Waals surface area contributed by atoms with Gasteiger partial charge in [0.25, 0.3) is 5.91 Å². The zero-order valence-electron chi connectivity index (χ0n) is 15.8. The molecule has 140 valence electrons. The molecule has 0 spiro atoms. The second-order valence-corrected chi connectivity index (χ2v) is 7.09. The van der Waals surface area contributed by atoms with E-state index < -0.39 is 0 Å². The molecule has 6 heteroatoms. The molecule has 1 heterocycles. The van der Waals surface area contributed by atoms with E-state index in [0.717, 1.165) is 33.8 Å². The average Bonchev–Trinajstić information content (AvgIpc) is 2.60. The first-order valence-corrected chi connectivity index (χ1v) is 9.10. The number of carbonyl (C=O) groups excluding carboxylic acids is 1. The van der Waals surface area contributed by atoms with Gasteiger partial charge in [0.15, 0.2) is 5.11 Å². The molecule has 0 aromatic heterocycles. The Morgan fingerprint density at radius 3 is 2.48 bits per heavy atom. The third kappa shape index (κ3) is 4.28. The number of benzene rings is 2. The Morgan fingerprint density at radius 2 is 1.81 bits per heavy atom. The number of aryl methyl sites for hydroxylation is 2. The Morgan fingerprint density at radius 1 is 1.11 bits per heavy atom. The average molecular weight is 382 g/mol. The molecule has 2 aromatic carbocycles. The van der Waals surface area contributed by atoms with Crippen LogP contribution in [0.2, 0.25) is 0 Å². The van der Waals surface area contributed by atoms with Crippen LogP contribution in [0.15, 0.2) is 53.7 Å². The summed E-state index contributed by atoms with van der Waals surface area (Å²) in [6.45, 7) is 5.87. The molecule has 3 rings (SSSR count). The van der Waals surface area contributed by atoms with Gasteiger partial charge in [-0.05, 0) is 73.9 Å². The van der Waals surface area contributed by atoms with E-state index in [0.29, 0.717) is 10.7 Å². The molecule has 3 N–H and O–H groups in total. The Hall–Kier alpha value is -2.86. The van der Waals surface area contributed by atoms with Crippen LogP contribution in [-0.4, -0.2) is 18.1 Å². The number of methoxy groups -OCH3 is 1. The van der Waals surface area contributed by atoms with Gasteiger partial charge < -0.3 is 20.7 Å². The molecule has 2 aromatic rings. The van der Waals surface area contributed by atoms with Gasteiger partial charge in [-0.25, -0.2) is 0 Å². The van der Waals surface area contributed by atoms with Crippen LogP contribution in [0.5, 0.6) is 5.75 Å². The summed E-state index contributed by atoms with van der Waals surface area (Å²) in [4.78, 5) is 13.1. The number of carbonyl (C=O) groups is 1. The van der Waals surface area contributed by atoms with Crippen LogP contribution in [0, 0.1) is 13.8 Å². The first kappa shape index (κ1) is 18.9. The molecule has 0 radical (unpaired) electrons. The summed E-state index contributed by atoms with van der Waals surface area (Å²) < 4.78 is 5.32. The molecular weight excluding hydrogens is 358 g/mol. The lowest BCUT2D eigenvalue weighted by Crippen LogP contribution is -2.45. The quantitative estimate of drug-likeness (QED) is 0.704. The molecule has 1 atom stereocenters. The van der Waals surface area contributed by atoms with Gasteiger partial charge in [-0.1, -0.05) is 18.2 Å². The Kier molecular flexibility index (Phi) is 5.46. The summed E-state index contributed by atoms with van der Waals surface area (Å²) in [6, 6.07) is 13.2. The predicted octanol–water partition coefficient (Wildman–Crippen LogP) is 3.74. The van der Waals surface area contributed by atoms with E-state index in [2.05, 4.69) is 22.0 Å². The van der Waals surface area contributed by atoms with E-state index >= 15 is 0 Å². The smallest absolute Gasteiger partial charge is 0.255 e. The van der Waals surface area contributed by atoms with Crippen LogP contribution in [0.1, 0.15) is 29.7 Å². The SMILES string of the molecule is COc1cccc([C@H]2NC(=S)NC(C)=C2C(=O)Nc2cc(C)cc(C)c2)c1. The number of hydrogen-bond acceptors (Lipinski definition) is 3. The molecule has 0 aliphatic carbocycles. The predicted molar refractivity (Wildman–Crippen MR) is 112 cm³/mol. The number of nitrogens with one attached hydrogen (secondary N) is 3. The highest BCUT2D eigenvalue weighted by molar-refractivity contribution is 7.80. The van der Waals surface area contributed by atoms with Crippen molar-refractivity contribution in [3.05, 3.63) is 70.4 Å². The lowest BCUT2D eigenvalue weighted by molar-refractivity contribution is -0.113. The monoisotopic (exact) mass is 381 g/mol. The zero-order valence-corrected chi connectivity index (χ0v) is 16.7. The molecular formula is C21H23N3O2S. The fraction of sp³-hybridized carbons (Fsp3) is 0.238. The maximum Gasteiger partial charge on any atom is 0.255 e. The number of anilines is 1. The van der Waals surface area contributed by atoms with E-state index in [9.17, 15) is 4.79 Å². The van der Waals surface area contributed by atoms with Crippen molar-refractivity contribution < 1.29 is 9.53 Å². The summed E-state index contributed by atoms with van der Waals surface area (Å²) >= 11 is 5.31. The van der Waals surface area contributed by atoms with Gasteiger partial charge in [-0.2, -0.15) is 0 Å². The number of ether oxygens (including phenoxy) is 1. The number of rotatable bonds is 4. The van der Waals surface area contributed by atoms with Gasteiger partial charge in [-0.3, -0.25) is 4.79 Å². The number of thiocarbonyl (C=S) groups is 1. The van der Waals surface area contributed by atoms with Crippen molar-refractivity contribution in [2.24, 2.45) is 0 Å². The molecule has 27 heavy (non-hydrogen) atoms. The lowest BCUT2D eigenvalue weighted by atomic mass is 9.94. The van der Waals surface area contributed by atoms with E-state index in [4.69, 9.17) is 17.0 Å². The van der Waals surface area contributed by atoms with Gasteiger partial charge in [0.05, 0.1) is 18.7 Å². The Labute approximate surface area is 164 Å². The maximum atomic E-state index is 13.1. The van der Waals surface area contributed by atoms with Gasteiger partial charge in [-0.15, -0.1) is 0 Å². The van der Waals surface area contributed by atoms with E-state index in [1.807, 2.05) is 57.2 Å². The first-order valence-electron chi connectivity index (χ1n) is 8.69. The van der Waals surface area contributed by atoms with Crippen LogP contribution < -0.4 is 20.7 Å². The molecule has 1 aliphatic rings. The molecule has 0 fully saturated rings. The highest BCUT2D eigenvalue weighted by Gasteiger charge is 2.30. The first-order chi connectivity index (χ1) is 12.9. The second-order valence-electron chi connectivity index (χ2n) is 6.68. The Bertz CT molecular complexity index is 917. The van der Waals surface area contributed by atoms with Crippen molar-refractivity contribution >= 4 is 28.9 Å². The largest absolute Gasteiger partial charge is 0.497 e. The normalized spacial score (nSPS) is 16.4. The lowest BCUT2D eigenvalue weighted by Gasteiger charge is -2.30. The van der Waals surface area contributed by atoms with Crippen LogP contribution in [0.4, 0.5) is 5.69 Å². The second kappa shape index (κ2) is 7.80. The molecule has 0 saturated heterocycles. The number of hydrogen-bond donors (Lipinski definition) is 3. The van der Waals surface area contributed by atoms with Crippen LogP contribution >= 0.6 is 12.2 Å². The van der Waals surface area contributed by atoms with Crippen molar-refractivity contribution in [3.8, 4) is 5.75 Å². The highest BCUT2D eigenvalue weighted by atomic mass is 32.1. The van der Waals surface area contributed by atoms with Crippen molar-refractivity contribution in [1.29, 1.82) is 0 Å². The van der Waals surface area contributed by atoms with Crippen molar-refractivity contribution in [3.63, 3.8) is 0 Å². The molecule has 1 aliphatic heterocycles. The summed E-state index contributed by atoms with van der Waals surface area (Å²) in [6.07, 6.45) is 0. The van der Waals surface area contributed by atoms with Gasteiger partial charge in [0, 0.05) is 11.4 Å². The minimum absolute atomic E-state index is 0.173. The zero-order chi connectivity index (χ0) is 19.6. The Balaban J connectivity index is 1.96. The van der Waals surface area contributed by atoms with Gasteiger partial charge in [0.2, 0.25) is 0 Å². The fourth-order valence-corrected chi connectivity index (χ4v) is 3.58. The highest BCUT2D eigenvalue weighted by Crippen LogP contribution is 2.30. The number of amides is 1. The number of allylic oxidation sites excluding steroid dienone is 1.